The van der Waals surface area contributed by atoms with E-state index >= 15 is 0 Å². The van der Waals surface area contributed by atoms with E-state index in [1.165, 1.54) is 167 Å². The molecule has 10 nitrogen and oxygen atoms in total. The Morgan fingerprint density at radius 1 is 0.456 bits per heavy atom. The summed E-state index contributed by atoms with van der Waals surface area (Å²) in [6, 6.07) is 0. The molecular weight excluding hydrogens is 743 g/mol. The SMILES string of the molecule is CCCCCCCCCCCCCCCCCCCCCCCCCC(=O)OC(COC(=O)CCCCCCCCCCCCC)COP(=O)(O)OCC(O)CO. The number of aliphatic hydroxyl groups is 2. The number of aliphatic hydroxyl groups excluding tert-OH is 2. The Labute approximate surface area is 350 Å². The molecule has 0 aromatic heterocycles. The molecule has 0 aromatic rings. The average Bonchev–Trinajstić information content (AvgIpc) is 3.20. The Hall–Kier alpha value is -1.03. The first kappa shape index (κ1) is 56.0. The molecule has 3 N–H and O–H groups in total. The van der Waals surface area contributed by atoms with Crippen molar-refractivity contribution in [3.8, 4) is 0 Å². The number of unbranched alkanes of at least 4 members (excludes halogenated alkanes) is 32. The summed E-state index contributed by atoms with van der Waals surface area (Å²) in [5, 5.41) is 18.3. The van der Waals surface area contributed by atoms with Gasteiger partial charge in [0.15, 0.2) is 6.10 Å². The number of hydrogen-bond donors (Lipinski definition) is 3. The molecule has 340 valence electrons. The van der Waals surface area contributed by atoms with Crippen molar-refractivity contribution in [2.24, 2.45) is 0 Å². The van der Waals surface area contributed by atoms with Crippen LogP contribution in [0.4, 0.5) is 0 Å². The van der Waals surface area contributed by atoms with Crippen molar-refractivity contribution in [1.29, 1.82) is 0 Å². The second kappa shape index (κ2) is 43.1. The Morgan fingerprint density at radius 3 is 1.09 bits per heavy atom. The highest BCUT2D eigenvalue weighted by molar-refractivity contribution is 7.47. The topological polar surface area (TPSA) is 149 Å². The molecule has 0 heterocycles. The van der Waals surface area contributed by atoms with E-state index in [1.54, 1.807) is 0 Å². The van der Waals surface area contributed by atoms with E-state index in [0.29, 0.717) is 12.8 Å². The molecule has 0 fully saturated rings. The predicted octanol–water partition coefficient (Wildman–Crippen LogP) is 13.0. The molecule has 0 aromatic carbocycles. The van der Waals surface area contributed by atoms with E-state index < -0.39 is 51.8 Å². The molecule has 0 saturated heterocycles. The van der Waals surface area contributed by atoms with Gasteiger partial charge in [0.05, 0.1) is 19.8 Å². The van der Waals surface area contributed by atoms with Gasteiger partial charge in [0.2, 0.25) is 0 Å². The van der Waals surface area contributed by atoms with Crippen molar-refractivity contribution in [3.63, 3.8) is 0 Å². The molecule has 0 radical (unpaired) electrons. The summed E-state index contributed by atoms with van der Waals surface area (Å²) in [7, 11) is -4.61. The van der Waals surface area contributed by atoms with Gasteiger partial charge in [0, 0.05) is 12.8 Å². The van der Waals surface area contributed by atoms with Crippen molar-refractivity contribution in [2.75, 3.05) is 26.4 Å². The molecule has 0 amide bonds. The smallest absolute Gasteiger partial charge is 0.462 e. The van der Waals surface area contributed by atoms with Crippen LogP contribution in [0.5, 0.6) is 0 Å². The highest BCUT2D eigenvalue weighted by Crippen LogP contribution is 2.43. The van der Waals surface area contributed by atoms with Crippen LogP contribution in [-0.4, -0.2) is 65.7 Å². The molecule has 57 heavy (non-hydrogen) atoms. The lowest BCUT2D eigenvalue weighted by Crippen LogP contribution is -2.29. The largest absolute Gasteiger partial charge is 0.472 e. The van der Waals surface area contributed by atoms with Crippen LogP contribution in [-0.2, 0) is 32.7 Å². The van der Waals surface area contributed by atoms with E-state index in [1.807, 2.05) is 0 Å². The molecule has 3 atom stereocenters. The summed E-state index contributed by atoms with van der Waals surface area (Å²) < 4.78 is 32.8. The van der Waals surface area contributed by atoms with Crippen LogP contribution in [0, 0.1) is 0 Å². The first-order valence-corrected chi connectivity index (χ1v) is 25.5. The zero-order valence-corrected chi connectivity index (χ0v) is 38.0. The number of rotatable bonds is 46. The maximum absolute atomic E-state index is 12.6. The second-order valence-electron chi connectivity index (χ2n) is 16.5. The van der Waals surface area contributed by atoms with Crippen molar-refractivity contribution >= 4 is 19.8 Å². The van der Waals surface area contributed by atoms with Crippen LogP contribution in [0.2, 0.25) is 0 Å². The lowest BCUT2D eigenvalue weighted by molar-refractivity contribution is -0.161. The van der Waals surface area contributed by atoms with Crippen molar-refractivity contribution in [1.82, 2.24) is 0 Å². The van der Waals surface area contributed by atoms with Gasteiger partial charge in [-0.3, -0.25) is 18.6 Å². The minimum atomic E-state index is -4.61. The number of phosphoric ester groups is 1. The third kappa shape index (κ3) is 42.9. The molecule has 0 spiro atoms. The van der Waals surface area contributed by atoms with Crippen molar-refractivity contribution in [2.45, 2.75) is 257 Å². The zero-order chi connectivity index (χ0) is 41.9. The van der Waals surface area contributed by atoms with Crippen LogP contribution in [0.25, 0.3) is 0 Å². The molecular formula is C46H91O10P. The lowest BCUT2D eigenvalue weighted by Gasteiger charge is -2.20. The molecule has 11 heteroatoms. The summed E-state index contributed by atoms with van der Waals surface area (Å²) in [6.07, 6.45) is 40.8. The normalized spacial score (nSPS) is 13.7. The minimum Gasteiger partial charge on any atom is -0.462 e. The standard InChI is InChI=1S/C46H91O10P/c1-3-5-7-9-11-13-15-16-17-18-19-20-21-22-23-24-25-26-28-30-32-34-36-38-46(50)56-44(42-55-57(51,52)54-40-43(48)39-47)41-53-45(49)37-35-33-31-29-27-14-12-10-8-6-4-2/h43-44,47-48H,3-42H2,1-2H3,(H,51,52). The highest BCUT2D eigenvalue weighted by atomic mass is 31.2. The number of ether oxygens (including phenoxy) is 2. The first-order valence-electron chi connectivity index (χ1n) is 24.0. The van der Waals surface area contributed by atoms with Crippen molar-refractivity contribution in [3.05, 3.63) is 0 Å². The Kier molecular flexibility index (Phi) is 42.3. The quantitative estimate of drug-likeness (QED) is 0.0307. The predicted molar refractivity (Wildman–Crippen MR) is 233 cm³/mol. The number of hydrogen-bond acceptors (Lipinski definition) is 9. The number of carbonyl (C=O) groups excluding carboxylic acids is 2. The first-order chi connectivity index (χ1) is 27.7. The Balaban J connectivity index is 4.08. The van der Waals surface area contributed by atoms with Crippen LogP contribution in [0.15, 0.2) is 0 Å². The molecule has 0 aliphatic heterocycles. The van der Waals surface area contributed by atoms with Gasteiger partial charge >= 0.3 is 19.8 Å². The second-order valence-corrected chi connectivity index (χ2v) is 18.0. The van der Waals surface area contributed by atoms with E-state index in [0.717, 1.165) is 38.5 Å². The summed E-state index contributed by atoms with van der Waals surface area (Å²) >= 11 is 0. The maximum atomic E-state index is 12.6. The van der Waals surface area contributed by atoms with Gasteiger partial charge in [-0.1, -0.05) is 219 Å². The van der Waals surface area contributed by atoms with Gasteiger partial charge in [-0.25, -0.2) is 4.57 Å². The molecule has 0 bridgehead atoms. The van der Waals surface area contributed by atoms with Gasteiger partial charge in [0.25, 0.3) is 0 Å². The Bertz CT molecular complexity index is 920. The number of carbonyl (C=O) groups is 2. The van der Waals surface area contributed by atoms with Gasteiger partial charge in [0.1, 0.15) is 12.7 Å². The molecule has 0 saturated carbocycles. The fourth-order valence-corrected chi connectivity index (χ4v) is 7.84. The van der Waals surface area contributed by atoms with Crippen molar-refractivity contribution < 1.29 is 47.8 Å². The van der Waals surface area contributed by atoms with Gasteiger partial charge in [-0.15, -0.1) is 0 Å². The van der Waals surface area contributed by atoms with E-state index in [4.69, 9.17) is 23.6 Å². The average molecular weight is 835 g/mol. The number of esters is 2. The molecule has 0 aliphatic carbocycles. The summed E-state index contributed by atoms with van der Waals surface area (Å²) in [5.74, 6) is -0.908. The fraction of sp³-hybridized carbons (Fsp3) is 0.957. The molecule has 0 aliphatic rings. The zero-order valence-electron chi connectivity index (χ0n) is 37.1. The fourth-order valence-electron chi connectivity index (χ4n) is 7.05. The molecule has 3 unspecified atom stereocenters. The van der Waals surface area contributed by atoms with Gasteiger partial charge in [-0.2, -0.15) is 0 Å². The summed E-state index contributed by atoms with van der Waals surface area (Å²) in [4.78, 5) is 35.0. The van der Waals surface area contributed by atoms with Crippen LogP contribution >= 0.6 is 7.82 Å². The summed E-state index contributed by atoms with van der Waals surface area (Å²) in [5.41, 5.74) is 0. The molecule has 0 rings (SSSR count). The lowest BCUT2D eigenvalue weighted by atomic mass is 10.0. The van der Waals surface area contributed by atoms with E-state index in [9.17, 15) is 24.2 Å². The van der Waals surface area contributed by atoms with E-state index in [2.05, 4.69) is 13.8 Å². The highest BCUT2D eigenvalue weighted by Gasteiger charge is 2.27. The van der Waals surface area contributed by atoms with Crippen LogP contribution in [0.1, 0.15) is 245 Å². The monoisotopic (exact) mass is 835 g/mol. The van der Waals surface area contributed by atoms with Crippen LogP contribution in [0.3, 0.4) is 0 Å². The number of phosphoric acid groups is 1. The van der Waals surface area contributed by atoms with E-state index in [-0.39, 0.29) is 19.4 Å². The minimum absolute atomic E-state index is 0.193. The third-order valence-electron chi connectivity index (χ3n) is 10.8. The summed E-state index contributed by atoms with van der Waals surface area (Å²) in [6.45, 7) is 2.42. The third-order valence-corrected chi connectivity index (χ3v) is 11.7. The van der Waals surface area contributed by atoms with Gasteiger partial charge < -0.3 is 24.6 Å². The van der Waals surface area contributed by atoms with Crippen LogP contribution < -0.4 is 0 Å². The van der Waals surface area contributed by atoms with Gasteiger partial charge in [-0.05, 0) is 12.8 Å². The maximum Gasteiger partial charge on any atom is 0.472 e. The Morgan fingerprint density at radius 2 is 0.754 bits per heavy atom.